The number of nitrogens with one attached hydrogen (secondary N) is 1. The lowest BCUT2D eigenvalue weighted by atomic mass is 10.1. The number of halogens is 2. The number of aryl methyl sites for hydroxylation is 2. The molecule has 0 aliphatic rings. The summed E-state index contributed by atoms with van der Waals surface area (Å²) < 4.78 is 14.7. The Labute approximate surface area is 132 Å². The van der Waals surface area contributed by atoms with E-state index in [0.29, 0.717) is 17.0 Å². The third-order valence-corrected chi connectivity index (χ3v) is 4.28. The molecule has 0 spiro atoms. The molecule has 0 radical (unpaired) electrons. The lowest BCUT2D eigenvalue weighted by Gasteiger charge is -2.11. The first-order chi connectivity index (χ1) is 9.52. The van der Waals surface area contributed by atoms with Crippen LogP contribution in [0.3, 0.4) is 0 Å². The molecule has 1 aromatic heterocycles. The molecule has 0 atom stereocenters. The second-order valence-corrected chi connectivity index (χ2v) is 5.76. The van der Waals surface area contributed by atoms with Gasteiger partial charge in [0.2, 0.25) is 0 Å². The highest BCUT2D eigenvalue weighted by Gasteiger charge is 2.11. The van der Waals surface area contributed by atoms with Crippen molar-refractivity contribution in [1.82, 2.24) is 9.97 Å². The molecule has 1 aromatic carbocycles. The fraction of sp³-hybridized carbons (Fsp3) is 0.333. The molecule has 0 unspecified atom stereocenters. The van der Waals surface area contributed by atoms with E-state index in [1.807, 2.05) is 13.0 Å². The number of aromatic nitrogens is 2. The average Bonchev–Trinajstić information content (AvgIpc) is 2.43. The van der Waals surface area contributed by atoms with Gasteiger partial charge in [-0.15, -0.1) is 0 Å². The van der Waals surface area contributed by atoms with Crippen molar-refractivity contribution >= 4 is 28.4 Å². The molecule has 0 saturated carbocycles. The molecule has 20 heavy (non-hydrogen) atoms. The van der Waals surface area contributed by atoms with Crippen LogP contribution in [0.1, 0.15) is 24.6 Å². The van der Waals surface area contributed by atoms with Gasteiger partial charge in [-0.2, -0.15) is 0 Å². The Balaban J connectivity index is 2.45. The number of anilines is 1. The van der Waals surface area contributed by atoms with E-state index >= 15 is 0 Å². The van der Waals surface area contributed by atoms with Crippen molar-refractivity contribution in [3.05, 3.63) is 38.8 Å². The first-order valence-corrected chi connectivity index (χ1v) is 7.65. The van der Waals surface area contributed by atoms with Crippen LogP contribution in [0, 0.1) is 23.2 Å². The second-order valence-electron chi connectivity index (χ2n) is 4.69. The highest BCUT2D eigenvalue weighted by Crippen LogP contribution is 2.24. The quantitative estimate of drug-likeness (QED) is 0.797. The Hall–Kier alpha value is -1.24. The van der Waals surface area contributed by atoms with Crippen LogP contribution < -0.4 is 5.32 Å². The summed E-state index contributed by atoms with van der Waals surface area (Å²) in [6, 6.07) is 5.09. The van der Waals surface area contributed by atoms with E-state index in [4.69, 9.17) is 0 Å². The first-order valence-electron chi connectivity index (χ1n) is 6.57. The minimum Gasteiger partial charge on any atom is -0.369 e. The molecular formula is C15H17FIN3. The zero-order valence-corrected chi connectivity index (χ0v) is 14.0. The van der Waals surface area contributed by atoms with Gasteiger partial charge in [-0.3, -0.25) is 0 Å². The summed E-state index contributed by atoms with van der Waals surface area (Å²) in [4.78, 5) is 8.97. The minimum absolute atomic E-state index is 0.231. The number of rotatable bonds is 4. The van der Waals surface area contributed by atoms with Gasteiger partial charge in [-0.05, 0) is 54.5 Å². The van der Waals surface area contributed by atoms with Crippen LogP contribution in [0.25, 0.3) is 11.4 Å². The smallest absolute Gasteiger partial charge is 0.161 e. The maximum absolute atomic E-state index is 13.7. The van der Waals surface area contributed by atoms with Gasteiger partial charge in [0.05, 0.1) is 9.26 Å². The SMILES string of the molecule is CCCNc1nc(-c2ccc(C)c(F)c2)nc(C)c1I. The van der Waals surface area contributed by atoms with Crippen molar-refractivity contribution in [3.8, 4) is 11.4 Å². The molecule has 0 amide bonds. The predicted octanol–water partition coefficient (Wildman–Crippen LogP) is 4.33. The summed E-state index contributed by atoms with van der Waals surface area (Å²) >= 11 is 2.23. The molecule has 3 nitrogen and oxygen atoms in total. The van der Waals surface area contributed by atoms with Gasteiger partial charge in [0.1, 0.15) is 11.6 Å². The summed E-state index contributed by atoms with van der Waals surface area (Å²) in [6.07, 6.45) is 1.02. The van der Waals surface area contributed by atoms with Crippen molar-refractivity contribution in [2.45, 2.75) is 27.2 Å². The molecule has 1 heterocycles. The van der Waals surface area contributed by atoms with E-state index in [9.17, 15) is 4.39 Å². The monoisotopic (exact) mass is 385 g/mol. The topological polar surface area (TPSA) is 37.8 Å². The molecule has 0 saturated heterocycles. The molecule has 2 aromatic rings. The lowest BCUT2D eigenvalue weighted by molar-refractivity contribution is 0.619. The van der Waals surface area contributed by atoms with Crippen LogP contribution in [0.5, 0.6) is 0 Å². The maximum atomic E-state index is 13.7. The zero-order chi connectivity index (χ0) is 14.7. The van der Waals surface area contributed by atoms with Gasteiger partial charge in [0.15, 0.2) is 5.82 Å². The molecule has 0 aliphatic heterocycles. The minimum atomic E-state index is -0.231. The third kappa shape index (κ3) is 3.26. The highest BCUT2D eigenvalue weighted by atomic mass is 127. The van der Waals surface area contributed by atoms with E-state index < -0.39 is 0 Å². The number of benzene rings is 1. The number of hydrogen-bond donors (Lipinski definition) is 1. The van der Waals surface area contributed by atoms with E-state index in [0.717, 1.165) is 28.0 Å². The summed E-state index contributed by atoms with van der Waals surface area (Å²) in [5, 5.41) is 3.29. The summed E-state index contributed by atoms with van der Waals surface area (Å²) in [5.74, 6) is 1.14. The lowest BCUT2D eigenvalue weighted by Crippen LogP contribution is -2.07. The Bertz CT molecular complexity index is 629. The van der Waals surface area contributed by atoms with Crippen LogP contribution in [-0.4, -0.2) is 16.5 Å². The fourth-order valence-electron chi connectivity index (χ4n) is 1.78. The fourth-order valence-corrected chi connectivity index (χ4v) is 2.21. The number of hydrogen-bond acceptors (Lipinski definition) is 3. The van der Waals surface area contributed by atoms with Crippen LogP contribution in [0.2, 0.25) is 0 Å². The van der Waals surface area contributed by atoms with E-state index in [2.05, 4.69) is 44.8 Å². The highest BCUT2D eigenvalue weighted by molar-refractivity contribution is 14.1. The van der Waals surface area contributed by atoms with Gasteiger partial charge in [-0.1, -0.05) is 19.1 Å². The Kier molecular flexibility index (Phi) is 4.91. The van der Waals surface area contributed by atoms with E-state index in [1.54, 1.807) is 13.0 Å². The summed E-state index contributed by atoms with van der Waals surface area (Å²) in [5.41, 5.74) is 2.22. The van der Waals surface area contributed by atoms with Crippen molar-refractivity contribution in [3.63, 3.8) is 0 Å². The molecule has 1 N–H and O–H groups in total. The van der Waals surface area contributed by atoms with Gasteiger partial charge in [-0.25, -0.2) is 14.4 Å². The van der Waals surface area contributed by atoms with Gasteiger partial charge in [0.25, 0.3) is 0 Å². The van der Waals surface area contributed by atoms with Gasteiger partial charge < -0.3 is 5.32 Å². The van der Waals surface area contributed by atoms with Crippen molar-refractivity contribution in [1.29, 1.82) is 0 Å². The normalized spacial score (nSPS) is 10.7. The molecule has 5 heteroatoms. The zero-order valence-electron chi connectivity index (χ0n) is 11.8. The third-order valence-electron chi connectivity index (χ3n) is 2.99. The predicted molar refractivity (Wildman–Crippen MR) is 88.4 cm³/mol. The van der Waals surface area contributed by atoms with Crippen molar-refractivity contribution in [2.75, 3.05) is 11.9 Å². The van der Waals surface area contributed by atoms with Gasteiger partial charge >= 0.3 is 0 Å². The number of nitrogens with zero attached hydrogens (tertiary/aromatic N) is 2. The molecule has 0 fully saturated rings. The molecule has 0 aliphatic carbocycles. The first kappa shape index (κ1) is 15.2. The summed E-state index contributed by atoms with van der Waals surface area (Å²) in [6.45, 7) is 6.64. The van der Waals surface area contributed by atoms with Crippen LogP contribution >= 0.6 is 22.6 Å². The maximum Gasteiger partial charge on any atom is 0.161 e. The van der Waals surface area contributed by atoms with E-state index in [1.165, 1.54) is 6.07 Å². The molecule has 2 rings (SSSR count). The van der Waals surface area contributed by atoms with E-state index in [-0.39, 0.29) is 5.82 Å². The van der Waals surface area contributed by atoms with Crippen molar-refractivity contribution in [2.24, 2.45) is 0 Å². The Morgan fingerprint density at radius 2 is 2.00 bits per heavy atom. The van der Waals surface area contributed by atoms with Crippen molar-refractivity contribution < 1.29 is 4.39 Å². The standard InChI is InChI=1S/C15H17FIN3/c1-4-7-18-15-13(17)10(3)19-14(20-15)11-6-5-9(2)12(16)8-11/h5-6,8H,4,7H2,1-3H3,(H,18,19,20). The largest absolute Gasteiger partial charge is 0.369 e. The molecular weight excluding hydrogens is 368 g/mol. The molecule has 106 valence electrons. The second kappa shape index (κ2) is 6.47. The van der Waals surface area contributed by atoms with Crippen LogP contribution in [0.15, 0.2) is 18.2 Å². The van der Waals surface area contributed by atoms with Crippen LogP contribution in [-0.2, 0) is 0 Å². The van der Waals surface area contributed by atoms with Crippen LogP contribution in [0.4, 0.5) is 10.2 Å². The average molecular weight is 385 g/mol. The van der Waals surface area contributed by atoms with Gasteiger partial charge in [0, 0.05) is 12.1 Å². The Morgan fingerprint density at radius 3 is 2.65 bits per heavy atom. The molecule has 0 bridgehead atoms. The summed E-state index contributed by atoms with van der Waals surface area (Å²) in [7, 11) is 0. The Morgan fingerprint density at radius 1 is 1.25 bits per heavy atom.